The van der Waals surface area contributed by atoms with Crippen LogP contribution in [0.25, 0.3) is 0 Å². The highest BCUT2D eigenvalue weighted by Gasteiger charge is 2.57. The van der Waals surface area contributed by atoms with Gasteiger partial charge in [-0.15, -0.1) is 0 Å². The fourth-order valence-corrected chi connectivity index (χ4v) is 1.85. The van der Waals surface area contributed by atoms with Crippen molar-refractivity contribution in [1.82, 2.24) is 4.98 Å². The molecule has 1 aromatic heterocycles. The minimum absolute atomic E-state index is 0.237. The number of aromatic nitrogens is 1. The van der Waals surface area contributed by atoms with E-state index in [1.807, 2.05) is 0 Å². The fourth-order valence-electron chi connectivity index (χ4n) is 1.85. The highest BCUT2D eigenvalue weighted by Crippen LogP contribution is 2.53. The lowest BCUT2D eigenvalue weighted by Gasteiger charge is -2.39. The van der Waals surface area contributed by atoms with Crippen molar-refractivity contribution in [3.05, 3.63) is 24.0 Å². The molecule has 0 atom stereocenters. The molecule has 0 radical (unpaired) electrons. The van der Waals surface area contributed by atoms with E-state index in [1.54, 1.807) is 0 Å². The zero-order valence-electron chi connectivity index (χ0n) is 9.09. The van der Waals surface area contributed by atoms with Gasteiger partial charge in [0.15, 0.2) is 0 Å². The van der Waals surface area contributed by atoms with Crippen LogP contribution < -0.4 is 4.74 Å². The van der Waals surface area contributed by atoms with Crippen LogP contribution in [0.5, 0.6) is 5.75 Å². The normalized spacial score (nSPS) is 19.8. The quantitative estimate of drug-likeness (QED) is 0.767. The predicted octanol–water partition coefficient (Wildman–Crippen LogP) is 3.23. The average molecular weight is 249 g/mol. The number of alkyl halides is 4. The van der Waals surface area contributed by atoms with Gasteiger partial charge in [0.1, 0.15) is 11.4 Å². The van der Waals surface area contributed by atoms with Gasteiger partial charge < -0.3 is 4.74 Å². The van der Waals surface area contributed by atoms with Gasteiger partial charge in [-0.2, -0.15) is 8.78 Å². The van der Waals surface area contributed by atoms with Crippen LogP contribution in [0.3, 0.4) is 0 Å². The van der Waals surface area contributed by atoms with E-state index in [0.29, 0.717) is 0 Å². The Bertz CT molecular complexity index is 414. The topological polar surface area (TPSA) is 22.1 Å². The van der Waals surface area contributed by atoms with Gasteiger partial charge in [0.05, 0.1) is 7.11 Å². The van der Waals surface area contributed by atoms with Crippen LogP contribution in [0.1, 0.15) is 18.5 Å². The summed E-state index contributed by atoms with van der Waals surface area (Å²) >= 11 is 0. The van der Waals surface area contributed by atoms with Crippen LogP contribution in [0.4, 0.5) is 17.6 Å². The van der Waals surface area contributed by atoms with E-state index >= 15 is 0 Å². The average Bonchev–Trinajstić information content (AvgIpc) is 2.26. The van der Waals surface area contributed by atoms with E-state index in [2.05, 4.69) is 4.98 Å². The zero-order chi connectivity index (χ0) is 12.7. The van der Waals surface area contributed by atoms with Crippen LogP contribution in [0, 0.1) is 5.92 Å². The smallest absolute Gasteiger partial charge is 0.293 e. The van der Waals surface area contributed by atoms with Crippen LogP contribution in [0.2, 0.25) is 0 Å². The fraction of sp³-hybridized carbons (Fsp3) is 0.545. The molecular weight excluding hydrogens is 238 g/mol. The molecule has 1 fully saturated rings. The van der Waals surface area contributed by atoms with E-state index in [4.69, 9.17) is 4.74 Å². The molecule has 0 unspecified atom stereocenters. The number of hydrogen-bond acceptors (Lipinski definition) is 2. The SMILES string of the molecule is COc1ccnc(C(F)(F)C2CC(F)(F)C2)c1. The Morgan fingerprint density at radius 3 is 2.59 bits per heavy atom. The maximum atomic E-state index is 13.8. The molecule has 1 aliphatic carbocycles. The molecule has 2 nitrogen and oxygen atoms in total. The molecule has 0 saturated heterocycles. The van der Waals surface area contributed by atoms with E-state index in [9.17, 15) is 17.6 Å². The molecule has 0 spiro atoms. The zero-order valence-corrected chi connectivity index (χ0v) is 9.09. The molecule has 0 bridgehead atoms. The van der Waals surface area contributed by atoms with Gasteiger partial charge in [-0.3, -0.25) is 4.98 Å². The summed E-state index contributed by atoms with van der Waals surface area (Å²) in [5.74, 6) is -7.42. The first-order chi connectivity index (χ1) is 7.85. The number of methoxy groups -OCH3 is 1. The van der Waals surface area contributed by atoms with Gasteiger partial charge in [0.2, 0.25) is 5.92 Å². The van der Waals surface area contributed by atoms with Gasteiger partial charge in [0, 0.05) is 31.0 Å². The van der Waals surface area contributed by atoms with Crippen molar-refractivity contribution in [1.29, 1.82) is 0 Å². The third-order valence-corrected chi connectivity index (χ3v) is 2.91. The maximum absolute atomic E-state index is 13.8. The monoisotopic (exact) mass is 249 g/mol. The number of nitrogens with zero attached hydrogens (tertiary/aromatic N) is 1. The van der Waals surface area contributed by atoms with Crippen molar-refractivity contribution in [2.45, 2.75) is 24.7 Å². The van der Waals surface area contributed by atoms with E-state index < -0.39 is 36.3 Å². The first kappa shape index (κ1) is 12.1. The molecule has 1 aromatic rings. The summed E-state index contributed by atoms with van der Waals surface area (Å²) in [6, 6.07) is 2.51. The van der Waals surface area contributed by atoms with E-state index in [0.717, 1.165) is 6.07 Å². The van der Waals surface area contributed by atoms with Crippen molar-refractivity contribution in [3.8, 4) is 5.75 Å². The van der Waals surface area contributed by atoms with E-state index in [1.165, 1.54) is 19.4 Å². The molecule has 0 amide bonds. The molecule has 2 rings (SSSR count). The molecule has 0 aliphatic heterocycles. The number of halogens is 4. The Morgan fingerprint density at radius 1 is 1.41 bits per heavy atom. The van der Waals surface area contributed by atoms with Gasteiger partial charge in [-0.1, -0.05) is 0 Å². The van der Waals surface area contributed by atoms with Crippen LogP contribution in [-0.4, -0.2) is 18.0 Å². The molecule has 6 heteroatoms. The number of hydrogen-bond donors (Lipinski definition) is 0. The lowest BCUT2D eigenvalue weighted by molar-refractivity contribution is -0.199. The summed E-state index contributed by atoms with van der Waals surface area (Å²) in [7, 11) is 1.34. The number of ether oxygens (including phenoxy) is 1. The molecule has 94 valence electrons. The first-order valence-corrected chi connectivity index (χ1v) is 5.11. The van der Waals surface area contributed by atoms with Crippen molar-refractivity contribution in [2.24, 2.45) is 5.92 Å². The van der Waals surface area contributed by atoms with Gasteiger partial charge >= 0.3 is 0 Å². The second-order valence-corrected chi connectivity index (χ2v) is 4.16. The lowest BCUT2D eigenvalue weighted by atomic mass is 9.76. The van der Waals surface area contributed by atoms with Crippen LogP contribution in [0.15, 0.2) is 18.3 Å². The van der Waals surface area contributed by atoms with Gasteiger partial charge in [-0.25, -0.2) is 8.78 Å². The summed E-state index contributed by atoms with van der Waals surface area (Å²) in [4.78, 5) is 3.53. The first-order valence-electron chi connectivity index (χ1n) is 5.11. The second-order valence-electron chi connectivity index (χ2n) is 4.16. The molecule has 1 saturated carbocycles. The minimum Gasteiger partial charge on any atom is -0.497 e. The molecule has 0 N–H and O–H groups in total. The maximum Gasteiger partial charge on any atom is 0.293 e. The second kappa shape index (κ2) is 3.85. The van der Waals surface area contributed by atoms with Crippen molar-refractivity contribution >= 4 is 0 Å². The van der Waals surface area contributed by atoms with Gasteiger partial charge in [-0.05, 0) is 6.07 Å². The third-order valence-electron chi connectivity index (χ3n) is 2.91. The van der Waals surface area contributed by atoms with Crippen molar-refractivity contribution in [2.75, 3.05) is 7.11 Å². The van der Waals surface area contributed by atoms with Crippen LogP contribution >= 0.6 is 0 Å². The molecule has 17 heavy (non-hydrogen) atoms. The molecular formula is C11H11F4NO. The summed E-state index contributed by atoms with van der Waals surface area (Å²) in [5, 5.41) is 0. The Morgan fingerprint density at radius 2 is 2.06 bits per heavy atom. The Labute approximate surface area is 95.6 Å². The summed E-state index contributed by atoms with van der Waals surface area (Å²) in [6.07, 6.45) is -0.406. The Balaban J connectivity index is 2.20. The molecule has 0 aromatic carbocycles. The van der Waals surface area contributed by atoms with Crippen molar-refractivity contribution in [3.63, 3.8) is 0 Å². The highest BCUT2D eigenvalue weighted by molar-refractivity contribution is 5.26. The summed E-state index contributed by atoms with van der Waals surface area (Å²) in [5.41, 5.74) is -0.516. The lowest BCUT2D eigenvalue weighted by Crippen LogP contribution is -2.44. The predicted molar refractivity (Wildman–Crippen MR) is 52.4 cm³/mol. The number of pyridine rings is 1. The number of rotatable bonds is 3. The standard InChI is InChI=1S/C11H11F4NO/c1-17-8-2-3-16-9(4-8)11(14,15)7-5-10(12,13)6-7/h2-4,7H,5-6H2,1H3. The Hall–Kier alpha value is -1.33. The Kier molecular flexibility index (Phi) is 2.75. The van der Waals surface area contributed by atoms with Crippen LogP contribution in [-0.2, 0) is 5.92 Å². The molecule has 1 heterocycles. The summed E-state index contributed by atoms with van der Waals surface area (Å²) in [6.45, 7) is 0. The van der Waals surface area contributed by atoms with Crippen molar-refractivity contribution < 1.29 is 22.3 Å². The van der Waals surface area contributed by atoms with E-state index in [-0.39, 0.29) is 5.75 Å². The molecule has 1 aliphatic rings. The highest BCUT2D eigenvalue weighted by atomic mass is 19.3. The van der Waals surface area contributed by atoms with Gasteiger partial charge in [0.25, 0.3) is 5.92 Å². The third kappa shape index (κ3) is 2.21. The largest absolute Gasteiger partial charge is 0.497 e. The minimum atomic E-state index is -3.34. The summed E-state index contributed by atoms with van der Waals surface area (Å²) < 4.78 is 57.6.